The number of hydrogen-bond acceptors (Lipinski definition) is 1. The molecule has 0 radical (unpaired) electrons. The molecule has 6 aromatic carbocycles. The number of aryl methyl sites for hydroxylation is 1. The lowest BCUT2D eigenvalue weighted by atomic mass is 9.68. The summed E-state index contributed by atoms with van der Waals surface area (Å²) < 4.78 is 0. The molecular weight excluding hydrogens is 422 g/mol. The van der Waals surface area contributed by atoms with E-state index in [4.69, 9.17) is 5.73 Å². The summed E-state index contributed by atoms with van der Waals surface area (Å²) in [6.45, 7) is 0. The van der Waals surface area contributed by atoms with Gasteiger partial charge in [-0.25, -0.2) is 0 Å². The first-order valence-electron chi connectivity index (χ1n) is 12.5. The first-order chi connectivity index (χ1) is 17.3. The lowest BCUT2D eigenvalue weighted by Crippen LogP contribution is -2.21. The van der Waals surface area contributed by atoms with E-state index in [0.29, 0.717) is 5.92 Å². The number of rotatable bonds is 2. The molecule has 0 aliphatic heterocycles. The molecule has 0 fully saturated rings. The molecular formula is C34H27N. The third kappa shape index (κ3) is 3.15. The Kier molecular flexibility index (Phi) is 4.63. The van der Waals surface area contributed by atoms with Crippen molar-refractivity contribution in [3.8, 4) is 0 Å². The molecule has 2 unspecified atom stereocenters. The van der Waals surface area contributed by atoms with Gasteiger partial charge in [-0.15, -0.1) is 0 Å². The predicted molar refractivity (Wildman–Crippen MR) is 149 cm³/mol. The van der Waals surface area contributed by atoms with Crippen LogP contribution in [0.4, 0.5) is 5.69 Å². The smallest absolute Gasteiger partial charge is 0.0429 e. The van der Waals surface area contributed by atoms with Crippen molar-refractivity contribution in [2.75, 3.05) is 5.73 Å². The first-order valence-corrected chi connectivity index (χ1v) is 12.5. The van der Waals surface area contributed by atoms with Crippen LogP contribution in [0.15, 0.2) is 115 Å². The fourth-order valence-corrected chi connectivity index (χ4v) is 6.46. The van der Waals surface area contributed by atoms with Crippen molar-refractivity contribution in [3.63, 3.8) is 0 Å². The molecule has 0 heterocycles. The number of anilines is 1. The molecule has 168 valence electrons. The molecule has 7 rings (SSSR count). The van der Waals surface area contributed by atoms with E-state index in [1.165, 1.54) is 49.2 Å². The molecule has 2 atom stereocenters. The lowest BCUT2D eigenvalue weighted by Gasteiger charge is -2.36. The highest BCUT2D eigenvalue weighted by atomic mass is 14.6. The molecule has 1 heteroatoms. The van der Waals surface area contributed by atoms with E-state index >= 15 is 0 Å². The number of hydrogen-bond donors (Lipinski definition) is 1. The van der Waals surface area contributed by atoms with Gasteiger partial charge in [-0.1, -0.05) is 115 Å². The van der Waals surface area contributed by atoms with Crippen LogP contribution in [0, 0.1) is 0 Å². The van der Waals surface area contributed by atoms with Crippen molar-refractivity contribution < 1.29 is 0 Å². The third-order valence-electron chi connectivity index (χ3n) is 8.08. The molecule has 2 N–H and O–H groups in total. The molecule has 1 aliphatic rings. The van der Waals surface area contributed by atoms with Crippen molar-refractivity contribution in [3.05, 3.63) is 138 Å². The van der Waals surface area contributed by atoms with Crippen LogP contribution in [0.3, 0.4) is 0 Å². The highest BCUT2D eigenvalue weighted by Gasteiger charge is 2.34. The van der Waals surface area contributed by atoms with Gasteiger partial charge in [0.05, 0.1) is 0 Å². The fraction of sp³-hybridized carbons (Fsp3) is 0.118. The van der Waals surface area contributed by atoms with Gasteiger partial charge >= 0.3 is 0 Å². The summed E-state index contributed by atoms with van der Waals surface area (Å²) in [5.41, 5.74) is 13.4. The zero-order valence-corrected chi connectivity index (χ0v) is 19.6. The van der Waals surface area contributed by atoms with Gasteiger partial charge in [-0.2, -0.15) is 0 Å². The van der Waals surface area contributed by atoms with Crippen LogP contribution in [0.2, 0.25) is 0 Å². The summed E-state index contributed by atoms with van der Waals surface area (Å²) in [5.74, 6) is 0.617. The minimum absolute atomic E-state index is 0.277. The topological polar surface area (TPSA) is 26.0 Å². The molecule has 1 nitrogen and oxygen atoms in total. The van der Waals surface area contributed by atoms with Gasteiger partial charge in [0.1, 0.15) is 0 Å². The van der Waals surface area contributed by atoms with E-state index in [1.807, 2.05) is 0 Å². The summed E-state index contributed by atoms with van der Waals surface area (Å²) >= 11 is 0. The van der Waals surface area contributed by atoms with E-state index in [-0.39, 0.29) is 5.92 Å². The standard InChI is InChI=1S/C34H27N/c35-34-26-13-7-5-9-23(26)15-17-32(34)31-21-19-29-28-16-14-22-8-4-6-12-25(22)27(28)18-20-30(29)33(31)24-10-2-1-3-11-24/h1-18,20,31,33H,19,21,35H2. The maximum absolute atomic E-state index is 6.86. The van der Waals surface area contributed by atoms with Gasteiger partial charge in [0.25, 0.3) is 0 Å². The molecule has 1 aliphatic carbocycles. The number of benzene rings is 6. The van der Waals surface area contributed by atoms with Gasteiger partial charge in [-0.05, 0) is 67.9 Å². The van der Waals surface area contributed by atoms with E-state index in [2.05, 4.69) is 115 Å². The second-order valence-corrected chi connectivity index (χ2v) is 9.84. The van der Waals surface area contributed by atoms with Crippen LogP contribution in [-0.4, -0.2) is 0 Å². The van der Waals surface area contributed by atoms with Gasteiger partial charge in [0.2, 0.25) is 0 Å². The number of nitrogens with two attached hydrogens (primary N) is 1. The third-order valence-corrected chi connectivity index (χ3v) is 8.08. The Balaban J connectivity index is 1.46. The second-order valence-electron chi connectivity index (χ2n) is 9.84. The van der Waals surface area contributed by atoms with Crippen molar-refractivity contribution in [2.24, 2.45) is 0 Å². The lowest BCUT2D eigenvalue weighted by molar-refractivity contribution is 0.528. The van der Waals surface area contributed by atoms with Crippen molar-refractivity contribution in [1.82, 2.24) is 0 Å². The minimum Gasteiger partial charge on any atom is -0.398 e. The normalized spacial score (nSPS) is 17.6. The highest BCUT2D eigenvalue weighted by Crippen LogP contribution is 2.50. The average molecular weight is 450 g/mol. The van der Waals surface area contributed by atoms with Crippen LogP contribution in [0.1, 0.15) is 40.5 Å². The van der Waals surface area contributed by atoms with E-state index in [0.717, 1.165) is 23.9 Å². The van der Waals surface area contributed by atoms with E-state index < -0.39 is 0 Å². The molecule has 35 heavy (non-hydrogen) atoms. The first kappa shape index (κ1) is 20.3. The number of nitrogen functional groups attached to an aromatic ring is 1. The molecule has 0 bridgehead atoms. The Morgan fingerprint density at radius 1 is 0.514 bits per heavy atom. The molecule has 0 amide bonds. The minimum atomic E-state index is 0.277. The molecule has 6 aromatic rings. The van der Waals surface area contributed by atoms with Gasteiger partial charge in [0.15, 0.2) is 0 Å². The molecule has 0 saturated carbocycles. The maximum Gasteiger partial charge on any atom is 0.0429 e. The second kappa shape index (κ2) is 7.99. The molecule has 0 saturated heterocycles. The summed E-state index contributed by atoms with van der Waals surface area (Å²) in [6.07, 6.45) is 2.15. The van der Waals surface area contributed by atoms with Gasteiger partial charge < -0.3 is 5.73 Å². The summed E-state index contributed by atoms with van der Waals surface area (Å²) in [5, 5.41) is 7.76. The quantitative estimate of drug-likeness (QED) is 0.208. The number of fused-ring (bicyclic) bond motifs is 6. The van der Waals surface area contributed by atoms with Crippen LogP contribution < -0.4 is 5.73 Å². The van der Waals surface area contributed by atoms with Crippen LogP contribution >= 0.6 is 0 Å². The Hall–Kier alpha value is -4.10. The molecule has 0 spiro atoms. The van der Waals surface area contributed by atoms with Gasteiger partial charge in [-0.3, -0.25) is 0 Å². The van der Waals surface area contributed by atoms with Gasteiger partial charge in [0, 0.05) is 17.0 Å². The van der Waals surface area contributed by atoms with Crippen molar-refractivity contribution >= 4 is 38.0 Å². The van der Waals surface area contributed by atoms with Crippen molar-refractivity contribution in [1.29, 1.82) is 0 Å². The largest absolute Gasteiger partial charge is 0.398 e. The monoisotopic (exact) mass is 449 g/mol. The fourth-order valence-electron chi connectivity index (χ4n) is 6.46. The van der Waals surface area contributed by atoms with Crippen molar-refractivity contribution in [2.45, 2.75) is 24.7 Å². The Bertz CT molecular complexity index is 1710. The van der Waals surface area contributed by atoms with Crippen LogP contribution in [0.25, 0.3) is 32.3 Å². The van der Waals surface area contributed by atoms with Crippen LogP contribution in [0.5, 0.6) is 0 Å². The Labute approximate surface area is 205 Å². The van der Waals surface area contributed by atoms with Crippen LogP contribution in [-0.2, 0) is 6.42 Å². The highest BCUT2D eigenvalue weighted by molar-refractivity contribution is 6.09. The molecule has 0 aromatic heterocycles. The Morgan fingerprint density at radius 3 is 1.97 bits per heavy atom. The maximum atomic E-state index is 6.86. The average Bonchev–Trinajstić information content (AvgIpc) is 2.93. The zero-order valence-electron chi connectivity index (χ0n) is 19.6. The SMILES string of the molecule is Nc1c(C2CCc3c(ccc4c3ccc3ccccc34)C2c2ccccc2)ccc2ccccc12. The van der Waals surface area contributed by atoms with E-state index in [9.17, 15) is 0 Å². The van der Waals surface area contributed by atoms with E-state index in [1.54, 1.807) is 0 Å². The Morgan fingerprint density at radius 2 is 1.14 bits per heavy atom. The zero-order chi connectivity index (χ0) is 23.4. The summed E-state index contributed by atoms with van der Waals surface area (Å²) in [6, 6.07) is 42.1. The predicted octanol–water partition coefficient (Wildman–Crippen LogP) is 8.59. The summed E-state index contributed by atoms with van der Waals surface area (Å²) in [4.78, 5) is 0. The summed E-state index contributed by atoms with van der Waals surface area (Å²) in [7, 11) is 0.